The molecule has 2 aromatic carbocycles. The minimum atomic E-state index is -4.42. The number of alkyl halides is 3. The lowest BCUT2D eigenvalue weighted by Crippen LogP contribution is -2.44. The third kappa shape index (κ3) is 7.08. The second-order valence-corrected chi connectivity index (χ2v) is 8.14. The number of rotatable bonds is 8. The third-order valence-corrected chi connectivity index (χ3v) is 5.39. The monoisotopic (exact) mass is 434 g/mol. The minimum Gasteiger partial charge on any atom is -0.492 e. The number of ketones is 1. The summed E-state index contributed by atoms with van der Waals surface area (Å²) in [4.78, 5) is 14.9. The standard InChI is InChI=1S/C24H29F3N2O2/c1-17-11-20(13-21(12-17)24(25,26)27)15-22(30)14-19-4-3-18(2)23(16-19)31-10-9-29-7-5-28-6-8-29/h3-4,11-13,16,28H,5-10,14-15H2,1-2H3. The van der Waals surface area contributed by atoms with Crippen LogP contribution in [0.25, 0.3) is 0 Å². The Morgan fingerprint density at radius 2 is 1.74 bits per heavy atom. The Hall–Kier alpha value is -2.38. The van der Waals surface area contributed by atoms with Crippen molar-refractivity contribution in [1.82, 2.24) is 10.2 Å². The molecule has 1 aliphatic heterocycles. The van der Waals surface area contributed by atoms with E-state index < -0.39 is 11.7 Å². The molecule has 0 amide bonds. The van der Waals surface area contributed by atoms with Crippen molar-refractivity contribution >= 4 is 5.78 Å². The first-order valence-electron chi connectivity index (χ1n) is 10.6. The fourth-order valence-electron chi connectivity index (χ4n) is 3.78. The molecule has 4 nitrogen and oxygen atoms in total. The van der Waals surface area contributed by atoms with Crippen LogP contribution in [0.4, 0.5) is 13.2 Å². The first-order chi connectivity index (χ1) is 14.7. The Morgan fingerprint density at radius 3 is 2.45 bits per heavy atom. The molecule has 1 N–H and O–H groups in total. The van der Waals surface area contributed by atoms with Gasteiger partial charge in [-0.25, -0.2) is 0 Å². The van der Waals surface area contributed by atoms with Gasteiger partial charge in [0.25, 0.3) is 0 Å². The largest absolute Gasteiger partial charge is 0.492 e. The summed E-state index contributed by atoms with van der Waals surface area (Å²) in [7, 11) is 0. The number of benzene rings is 2. The normalized spacial score (nSPS) is 15.1. The number of hydrogen-bond donors (Lipinski definition) is 1. The van der Waals surface area contributed by atoms with Crippen LogP contribution < -0.4 is 10.1 Å². The van der Waals surface area contributed by atoms with Crippen LogP contribution in [0.5, 0.6) is 5.75 Å². The summed E-state index contributed by atoms with van der Waals surface area (Å²) in [5.74, 6) is 0.615. The van der Waals surface area contributed by atoms with Gasteiger partial charge in [-0.15, -0.1) is 0 Å². The number of Topliss-reactive ketones (excluding diaryl/α,β-unsaturated/α-hetero) is 1. The third-order valence-electron chi connectivity index (χ3n) is 5.39. The van der Waals surface area contributed by atoms with Crippen molar-refractivity contribution in [3.05, 3.63) is 64.2 Å². The molecule has 1 saturated heterocycles. The Morgan fingerprint density at radius 1 is 1.03 bits per heavy atom. The highest BCUT2D eigenvalue weighted by Gasteiger charge is 2.31. The Bertz CT molecular complexity index is 906. The molecule has 0 bridgehead atoms. The van der Waals surface area contributed by atoms with E-state index in [2.05, 4.69) is 10.2 Å². The van der Waals surface area contributed by atoms with Gasteiger partial charge in [0.2, 0.25) is 0 Å². The summed E-state index contributed by atoms with van der Waals surface area (Å²) in [6.07, 6.45) is -4.29. The van der Waals surface area contributed by atoms with Crippen molar-refractivity contribution in [3.63, 3.8) is 0 Å². The molecule has 31 heavy (non-hydrogen) atoms. The van der Waals surface area contributed by atoms with Gasteiger partial charge in [-0.1, -0.05) is 23.8 Å². The number of carbonyl (C=O) groups is 1. The SMILES string of the molecule is Cc1cc(CC(=O)Cc2ccc(C)c(OCCN3CCNCC3)c2)cc(C(F)(F)F)c1. The second kappa shape index (κ2) is 10.3. The zero-order valence-corrected chi connectivity index (χ0v) is 18.0. The van der Waals surface area contributed by atoms with Crippen LogP contribution in [0.2, 0.25) is 0 Å². The lowest BCUT2D eigenvalue weighted by molar-refractivity contribution is -0.137. The van der Waals surface area contributed by atoms with Crippen LogP contribution in [0.1, 0.15) is 27.8 Å². The number of carbonyl (C=O) groups excluding carboxylic acids is 1. The molecule has 0 unspecified atom stereocenters. The van der Waals surface area contributed by atoms with E-state index in [0.717, 1.165) is 61.7 Å². The van der Waals surface area contributed by atoms with Gasteiger partial charge >= 0.3 is 6.18 Å². The zero-order valence-electron chi connectivity index (χ0n) is 18.0. The Balaban J connectivity index is 1.59. The summed E-state index contributed by atoms with van der Waals surface area (Å²) >= 11 is 0. The Labute approximate surface area is 181 Å². The topological polar surface area (TPSA) is 41.6 Å². The summed E-state index contributed by atoms with van der Waals surface area (Å²) in [5.41, 5.74) is 1.96. The summed E-state index contributed by atoms with van der Waals surface area (Å²) in [6.45, 7) is 8.97. The molecule has 0 saturated carbocycles. The molecule has 3 rings (SSSR count). The number of nitrogens with one attached hydrogen (secondary N) is 1. The van der Waals surface area contributed by atoms with E-state index in [-0.39, 0.29) is 18.6 Å². The molecule has 7 heteroatoms. The maximum absolute atomic E-state index is 13.0. The van der Waals surface area contributed by atoms with E-state index in [1.54, 1.807) is 13.0 Å². The van der Waals surface area contributed by atoms with E-state index in [4.69, 9.17) is 4.74 Å². The lowest BCUT2D eigenvalue weighted by Gasteiger charge is -2.27. The van der Waals surface area contributed by atoms with Gasteiger partial charge < -0.3 is 10.1 Å². The van der Waals surface area contributed by atoms with Gasteiger partial charge in [0.15, 0.2) is 0 Å². The van der Waals surface area contributed by atoms with Crippen LogP contribution in [0.15, 0.2) is 36.4 Å². The molecular formula is C24H29F3N2O2. The molecule has 1 fully saturated rings. The highest BCUT2D eigenvalue weighted by molar-refractivity contribution is 5.83. The maximum Gasteiger partial charge on any atom is 0.416 e. The number of hydrogen-bond acceptors (Lipinski definition) is 4. The van der Waals surface area contributed by atoms with Crippen molar-refractivity contribution in [1.29, 1.82) is 0 Å². The van der Waals surface area contributed by atoms with Crippen LogP contribution in [0.3, 0.4) is 0 Å². The molecule has 0 atom stereocenters. The number of ether oxygens (including phenoxy) is 1. The number of halogens is 3. The molecule has 1 heterocycles. The first kappa shape index (κ1) is 23.3. The Kier molecular flexibility index (Phi) is 7.73. The highest BCUT2D eigenvalue weighted by atomic mass is 19.4. The maximum atomic E-state index is 13.0. The summed E-state index contributed by atoms with van der Waals surface area (Å²) in [5, 5.41) is 3.32. The number of piperazine rings is 1. The fourth-order valence-corrected chi connectivity index (χ4v) is 3.78. The first-order valence-corrected chi connectivity index (χ1v) is 10.6. The fraction of sp³-hybridized carbons (Fsp3) is 0.458. The van der Waals surface area contributed by atoms with Crippen molar-refractivity contribution in [2.75, 3.05) is 39.3 Å². The molecule has 0 spiro atoms. The van der Waals surface area contributed by atoms with Crippen LogP contribution in [-0.2, 0) is 23.8 Å². The van der Waals surface area contributed by atoms with Gasteiger partial charge in [-0.2, -0.15) is 13.2 Å². The van der Waals surface area contributed by atoms with Crippen LogP contribution >= 0.6 is 0 Å². The van der Waals surface area contributed by atoms with Crippen LogP contribution in [0, 0.1) is 13.8 Å². The van der Waals surface area contributed by atoms with E-state index in [1.807, 2.05) is 25.1 Å². The second-order valence-electron chi connectivity index (χ2n) is 8.14. The summed E-state index contributed by atoms with van der Waals surface area (Å²) < 4.78 is 45.0. The molecule has 168 valence electrons. The van der Waals surface area contributed by atoms with Gasteiger partial charge in [0, 0.05) is 45.6 Å². The molecule has 0 radical (unpaired) electrons. The quantitative estimate of drug-likeness (QED) is 0.683. The average molecular weight is 435 g/mol. The highest BCUT2D eigenvalue weighted by Crippen LogP contribution is 2.31. The summed E-state index contributed by atoms with van der Waals surface area (Å²) in [6, 6.07) is 9.43. The minimum absolute atomic E-state index is 0.0299. The van der Waals surface area contributed by atoms with E-state index in [1.165, 1.54) is 0 Å². The van der Waals surface area contributed by atoms with Gasteiger partial charge in [0.05, 0.1) is 5.56 Å². The van der Waals surface area contributed by atoms with Crippen molar-refractivity contribution in [2.45, 2.75) is 32.9 Å². The number of nitrogens with zero attached hydrogens (tertiary/aromatic N) is 1. The number of aryl methyl sites for hydroxylation is 2. The predicted molar refractivity (Wildman–Crippen MR) is 115 cm³/mol. The molecule has 0 aliphatic carbocycles. The van der Waals surface area contributed by atoms with Crippen molar-refractivity contribution < 1.29 is 22.7 Å². The van der Waals surface area contributed by atoms with E-state index in [9.17, 15) is 18.0 Å². The van der Waals surface area contributed by atoms with Gasteiger partial charge in [0.1, 0.15) is 18.1 Å². The lowest BCUT2D eigenvalue weighted by atomic mass is 9.98. The molecular weight excluding hydrogens is 405 g/mol. The predicted octanol–water partition coefficient (Wildman–Crippen LogP) is 3.96. The molecule has 2 aromatic rings. The van der Waals surface area contributed by atoms with Crippen molar-refractivity contribution in [2.24, 2.45) is 0 Å². The van der Waals surface area contributed by atoms with E-state index >= 15 is 0 Å². The average Bonchev–Trinajstić information content (AvgIpc) is 2.70. The van der Waals surface area contributed by atoms with Crippen LogP contribution in [-0.4, -0.2) is 50.0 Å². The van der Waals surface area contributed by atoms with Gasteiger partial charge in [-0.3, -0.25) is 9.69 Å². The molecule has 0 aromatic heterocycles. The molecule has 1 aliphatic rings. The van der Waals surface area contributed by atoms with Crippen molar-refractivity contribution in [3.8, 4) is 5.75 Å². The zero-order chi connectivity index (χ0) is 22.4. The van der Waals surface area contributed by atoms with Gasteiger partial charge in [-0.05, 0) is 48.7 Å². The smallest absolute Gasteiger partial charge is 0.416 e. The van der Waals surface area contributed by atoms with E-state index in [0.29, 0.717) is 17.7 Å².